The molecule has 3 aromatic rings. The lowest BCUT2D eigenvalue weighted by molar-refractivity contribution is -0.137. The highest BCUT2D eigenvalue weighted by Gasteiger charge is 2.32. The number of hydrogen-bond acceptors (Lipinski definition) is 6. The van der Waals surface area contributed by atoms with Crippen molar-refractivity contribution in [2.24, 2.45) is 0 Å². The Morgan fingerprint density at radius 1 is 0.974 bits per heavy atom. The lowest BCUT2D eigenvalue weighted by atomic mass is 10.1. The zero-order valence-electron chi connectivity index (χ0n) is 21.1. The first-order chi connectivity index (χ1) is 18.6. The normalized spacial score (nSPS) is 14.4. The topological polar surface area (TPSA) is 94.2 Å². The molecule has 0 unspecified atom stereocenters. The molecule has 3 aromatic carbocycles. The summed E-state index contributed by atoms with van der Waals surface area (Å²) in [6.07, 6.45) is -3.83. The lowest BCUT2D eigenvalue weighted by Gasteiger charge is -2.22. The van der Waals surface area contributed by atoms with Crippen molar-refractivity contribution in [2.45, 2.75) is 25.6 Å². The van der Waals surface area contributed by atoms with Crippen LogP contribution in [-0.4, -0.2) is 44.1 Å². The number of amides is 2. The second-order valence-electron chi connectivity index (χ2n) is 8.80. The average Bonchev–Trinajstić information content (AvgIpc) is 3.25. The van der Waals surface area contributed by atoms with Crippen molar-refractivity contribution < 1.29 is 41.8 Å². The average molecular weight is 543 g/mol. The maximum absolute atomic E-state index is 12.9. The predicted molar refractivity (Wildman–Crippen MR) is 136 cm³/mol. The number of nitrogens with zero attached hydrogens (tertiary/aromatic N) is 1. The summed E-state index contributed by atoms with van der Waals surface area (Å²) >= 11 is 0. The maximum atomic E-state index is 12.9. The number of esters is 1. The third-order valence-electron chi connectivity index (χ3n) is 6.03. The largest absolute Gasteiger partial charge is 0.493 e. The summed E-state index contributed by atoms with van der Waals surface area (Å²) in [6, 6.07) is 15.8. The molecule has 0 radical (unpaired) electrons. The third-order valence-corrected chi connectivity index (χ3v) is 6.03. The molecule has 1 aliphatic heterocycles. The fourth-order valence-corrected chi connectivity index (χ4v) is 4.25. The van der Waals surface area contributed by atoms with Crippen LogP contribution in [0.5, 0.6) is 11.5 Å². The van der Waals surface area contributed by atoms with E-state index < -0.39 is 36.8 Å². The molecule has 4 rings (SSSR count). The number of carbonyl (C=O) groups excluding carboxylic acids is 3. The minimum atomic E-state index is -4.54. The van der Waals surface area contributed by atoms with Gasteiger partial charge in [-0.15, -0.1) is 0 Å². The van der Waals surface area contributed by atoms with Gasteiger partial charge in [-0.1, -0.05) is 24.3 Å². The molecule has 39 heavy (non-hydrogen) atoms. The van der Waals surface area contributed by atoms with E-state index >= 15 is 0 Å². The van der Waals surface area contributed by atoms with Crippen molar-refractivity contribution in [3.8, 4) is 11.5 Å². The van der Waals surface area contributed by atoms with Crippen LogP contribution in [0.25, 0.3) is 0 Å². The van der Waals surface area contributed by atoms with E-state index in [0.717, 1.165) is 23.4 Å². The number of carbonyl (C=O) groups is 3. The molecule has 0 saturated heterocycles. The molecule has 0 bridgehead atoms. The molecule has 1 atom stereocenters. The Bertz CT molecular complexity index is 1390. The molecule has 2 amide bonds. The SMILES string of the molecule is COc1cc(C(=O)OCC(=O)N2c3ccccc3C[C@@H]2C)ccc1OCC(=O)Nc1cccc(C(F)(F)F)c1. The predicted octanol–water partition coefficient (Wildman–Crippen LogP) is 4.87. The Morgan fingerprint density at radius 3 is 2.49 bits per heavy atom. The quantitative estimate of drug-likeness (QED) is 0.409. The van der Waals surface area contributed by atoms with E-state index in [-0.39, 0.29) is 34.7 Å². The van der Waals surface area contributed by atoms with Crippen LogP contribution >= 0.6 is 0 Å². The minimum absolute atomic E-state index is 0.0372. The van der Waals surface area contributed by atoms with Crippen LogP contribution in [0.15, 0.2) is 66.7 Å². The summed E-state index contributed by atoms with van der Waals surface area (Å²) in [5, 5.41) is 2.34. The molecule has 0 fully saturated rings. The van der Waals surface area contributed by atoms with Gasteiger partial charge in [-0.3, -0.25) is 9.59 Å². The Morgan fingerprint density at radius 2 is 1.74 bits per heavy atom. The molecule has 0 spiro atoms. The molecule has 204 valence electrons. The summed E-state index contributed by atoms with van der Waals surface area (Å²) in [4.78, 5) is 39.2. The summed E-state index contributed by atoms with van der Waals surface area (Å²) < 4.78 is 54.5. The second-order valence-corrected chi connectivity index (χ2v) is 8.80. The Labute approximate surface area is 222 Å². The summed E-state index contributed by atoms with van der Waals surface area (Å²) in [5.74, 6) is -1.57. The fraction of sp³-hybridized carbons (Fsp3) is 0.250. The number of alkyl halides is 3. The van der Waals surface area contributed by atoms with Gasteiger partial charge in [-0.25, -0.2) is 4.79 Å². The van der Waals surface area contributed by atoms with Crippen molar-refractivity contribution in [1.29, 1.82) is 0 Å². The lowest BCUT2D eigenvalue weighted by Crippen LogP contribution is -2.38. The Kier molecular flexibility index (Phi) is 8.08. The van der Waals surface area contributed by atoms with Crippen LogP contribution in [0.4, 0.5) is 24.5 Å². The van der Waals surface area contributed by atoms with E-state index in [9.17, 15) is 27.6 Å². The number of rotatable bonds is 8. The van der Waals surface area contributed by atoms with Crippen LogP contribution in [0.1, 0.15) is 28.4 Å². The standard InChI is InChI=1S/C28H25F3N2O6/c1-17-12-18-6-3-4-9-22(18)33(17)26(35)16-39-27(36)19-10-11-23(24(13-19)37-2)38-15-25(34)32-21-8-5-7-20(14-21)28(29,30)31/h3-11,13-14,17H,12,15-16H2,1-2H3,(H,32,34)/t17-/m0/s1. The first-order valence-electron chi connectivity index (χ1n) is 11.9. The Hall–Kier alpha value is -4.54. The number of methoxy groups -OCH3 is 1. The highest BCUT2D eigenvalue weighted by atomic mass is 19.4. The van der Waals surface area contributed by atoms with Crippen molar-refractivity contribution in [1.82, 2.24) is 0 Å². The number of anilines is 2. The molecular weight excluding hydrogens is 517 g/mol. The number of benzene rings is 3. The van der Waals surface area contributed by atoms with Gasteiger partial charge in [0.05, 0.1) is 18.2 Å². The highest BCUT2D eigenvalue weighted by Crippen LogP contribution is 2.33. The van der Waals surface area contributed by atoms with Crippen LogP contribution in [0, 0.1) is 0 Å². The van der Waals surface area contributed by atoms with Crippen molar-refractivity contribution in [2.75, 3.05) is 30.5 Å². The minimum Gasteiger partial charge on any atom is -0.493 e. The van der Waals surface area contributed by atoms with Gasteiger partial charge in [0.25, 0.3) is 11.8 Å². The molecule has 0 saturated carbocycles. The molecule has 0 aliphatic carbocycles. The molecule has 0 aromatic heterocycles. The van der Waals surface area contributed by atoms with Gasteiger partial charge in [0.2, 0.25) is 0 Å². The number of para-hydroxylation sites is 1. The first-order valence-corrected chi connectivity index (χ1v) is 11.9. The fourth-order valence-electron chi connectivity index (χ4n) is 4.25. The number of fused-ring (bicyclic) bond motifs is 1. The van der Waals surface area contributed by atoms with Gasteiger partial charge in [-0.05, 0) is 61.4 Å². The maximum Gasteiger partial charge on any atom is 0.416 e. The van der Waals surface area contributed by atoms with Gasteiger partial charge in [0.15, 0.2) is 24.7 Å². The van der Waals surface area contributed by atoms with E-state index in [0.29, 0.717) is 6.42 Å². The highest BCUT2D eigenvalue weighted by molar-refractivity contribution is 5.99. The molecule has 1 heterocycles. The summed E-state index contributed by atoms with van der Waals surface area (Å²) in [5.41, 5.74) is 1.01. The third kappa shape index (κ3) is 6.49. The molecule has 1 aliphatic rings. The van der Waals surface area contributed by atoms with E-state index in [1.165, 1.54) is 37.4 Å². The zero-order chi connectivity index (χ0) is 28.2. The van der Waals surface area contributed by atoms with Crippen molar-refractivity contribution in [3.05, 3.63) is 83.4 Å². The number of nitrogens with one attached hydrogen (secondary N) is 1. The Balaban J connectivity index is 1.33. The smallest absolute Gasteiger partial charge is 0.416 e. The van der Waals surface area contributed by atoms with Gasteiger partial charge >= 0.3 is 12.1 Å². The molecule has 8 nitrogen and oxygen atoms in total. The van der Waals surface area contributed by atoms with Gasteiger partial charge < -0.3 is 24.4 Å². The first kappa shape index (κ1) is 27.5. The number of hydrogen-bond donors (Lipinski definition) is 1. The summed E-state index contributed by atoms with van der Waals surface area (Å²) in [7, 11) is 1.33. The van der Waals surface area contributed by atoms with Crippen LogP contribution in [-0.2, 0) is 26.9 Å². The molecule has 1 N–H and O–H groups in total. The molecular formula is C28H25F3N2O6. The van der Waals surface area contributed by atoms with Crippen LogP contribution in [0.3, 0.4) is 0 Å². The van der Waals surface area contributed by atoms with E-state index in [2.05, 4.69) is 5.32 Å². The van der Waals surface area contributed by atoms with E-state index in [1.807, 2.05) is 31.2 Å². The van der Waals surface area contributed by atoms with Crippen LogP contribution in [0.2, 0.25) is 0 Å². The van der Waals surface area contributed by atoms with E-state index in [4.69, 9.17) is 14.2 Å². The van der Waals surface area contributed by atoms with Gasteiger partial charge in [-0.2, -0.15) is 13.2 Å². The number of halogens is 3. The van der Waals surface area contributed by atoms with Crippen LogP contribution < -0.4 is 19.7 Å². The van der Waals surface area contributed by atoms with Crippen molar-refractivity contribution >= 4 is 29.2 Å². The van der Waals surface area contributed by atoms with Gasteiger partial charge in [0.1, 0.15) is 0 Å². The molecule has 11 heteroatoms. The number of ether oxygens (including phenoxy) is 3. The van der Waals surface area contributed by atoms with Crippen molar-refractivity contribution in [3.63, 3.8) is 0 Å². The monoisotopic (exact) mass is 542 g/mol. The van der Waals surface area contributed by atoms with Gasteiger partial charge in [0, 0.05) is 17.4 Å². The second kappa shape index (κ2) is 11.5. The zero-order valence-corrected chi connectivity index (χ0v) is 21.1. The summed E-state index contributed by atoms with van der Waals surface area (Å²) in [6.45, 7) is 0.942. The van der Waals surface area contributed by atoms with E-state index in [1.54, 1.807) is 4.90 Å².